The summed E-state index contributed by atoms with van der Waals surface area (Å²) in [4.78, 5) is 31.5. The Morgan fingerprint density at radius 2 is 1.87 bits per heavy atom. The third-order valence-corrected chi connectivity index (χ3v) is 3.81. The van der Waals surface area contributed by atoms with Crippen LogP contribution in [0.15, 0.2) is 54.0 Å². The number of rotatable bonds is 4. The lowest BCUT2D eigenvalue weighted by Gasteiger charge is -2.04. The molecule has 0 saturated heterocycles. The smallest absolute Gasteiger partial charge is 0.338 e. The van der Waals surface area contributed by atoms with Crippen molar-refractivity contribution in [2.45, 2.75) is 0 Å². The van der Waals surface area contributed by atoms with Gasteiger partial charge in [-0.25, -0.2) is 9.78 Å². The van der Waals surface area contributed by atoms with Crippen LogP contribution in [0.3, 0.4) is 0 Å². The van der Waals surface area contributed by atoms with Crippen LogP contribution in [0.4, 0.5) is 5.13 Å². The number of aromatic nitrogens is 2. The van der Waals surface area contributed by atoms with Crippen LogP contribution in [0.1, 0.15) is 20.8 Å². The number of amides is 1. The molecule has 2 aromatic heterocycles. The van der Waals surface area contributed by atoms with E-state index in [1.54, 1.807) is 0 Å². The second-order valence-corrected chi connectivity index (χ2v) is 5.42. The summed E-state index contributed by atoms with van der Waals surface area (Å²) in [5.41, 5.74) is 1.39. The maximum Gasteiger partial charge on any atom is 0.338 e. The molecule has 3 rings (SSSR count). The molecule has 0 aliphatic rings. The number of hydrogen-bond donors (Lipinski definition) is 2. The Bertz CT molecular complexity index is 862. The third kappa shape index (κ3) is 3.24. The van der Waals surface area contributed by atoms with Crippen molar-refractivity contribution in [3.8, 4) is 11.3 Å². The third-order valence-electron chi connectivity index (χ3n) is 3.05. The lowest BCUT2D eigenvalue weighted by atomic mass is 10.2. The first-order valence-corrected chi connectivity index (χ1v) is 7.54. The maximum absolute atomic E-state index is 12.2. The van der Waals surface area contributed by atoms with Crippen LogP contribution in [0.5, 0.6) is 0 Å². The Balaban J connectivity index is 1.82. The molecule has 0 radical (unpaired) electrons. The number of anilines is 1. The number of pyridine rings is 1. The first kappa shape index (κ1) is 14.9. The highest BCUT2D eigenvalue weighted by molar-refractivity contribution is 7.14. The molecule has 1 amide bonds. The van der Waals surface area contributed by atoms with Gasteiger partial charge < -0.3 is 5.11 Å². The van der Waals surface area contributed by atoms with E-state index in [1.807, 2.05) is 35.7 Å². The Kier molecular flexibility index (Phi) is 4.11. The lowest BCUT2D eigenvalue weighted by Crippen LogP contribution is -2.18. The van der Waals surface area contributed by atoms with Gasteiger partial charge in [-0.3, -0.25) is 15.1 Å². The van der Waals surface area contributed by atoms with Crippen LogP contribution in [0.2, 0.25) is 0 Å². The number of carbonyl (C=O) groups is 2. The topological polar surface area (TPSA) is 92.2 Å². The Hall–Kier alpha value is -3.06. The van der Waals surface area contributed by atoms with Gasteiger partial charge in [0.15, 0.2) is 5.13 Å². The quantitative estimate of drug-likeness (QED) is 0.768. The van der Waals surface area contributed by atoms with E-state index in [0.717, 1.165) is 11.3 Å². The molecule has 0 aliphatic heterocycles. The molecule has 0 aliphatic carbocycles. The number of aromatic carboxylic acids is 1. The van der Waals surface area contributed by atoms with Crippen LogP contribution in [-0.4, -0.2) is 27.0 Å². The zero-order valence-corrected chi connectivity index (χ0v) is 12.6. The molecule has 23 heavy (non-hydrogen) atoms. The summed E-state index contributed by atoms with van der Waals surface area (Å²) in [7, 11) is 0. The Morgan fingerprint density at radius 1 is 1.09 bits per heavy atom. The summed E-state index contributed by atoms with van der Waals surface area (Å²) in [6.45, 7) is 0. The van der Waals surface area contributed by atoms with Crippen molar-refractivity contribution < 1.29 is 14.7 Å². The molecule has 0 atom stereocenters. The maximum atomic E-state index is 12.2. The van der Waals surface area contributed by atoms with E-state index in [-0.39, 0.29) is 11.3 Å². The molecule has 3 aromatic rings. The molecule has 6 nitrogen and oxygen atoms in total. The number of carbonyl (C=O) groups excluding carboxylic acids is 1. The normalized spacial score (nSPS) is 10.3. The van der Waals surface area contributed by atoms with Gasteiger partial charge in [0.25, 0.3) is 5.91 Å². The van der Waals surface area contributed by atoms with Gasteiger partial charge in [-0.05, 0) is 12.1 Å². The van der Waals surface area contributed by atoms with Crippen LogP contribution in [0, 0.1) is 0 Å². The van der Waals surface area contributed by atoms with Gasteiger partial charge in [0.05, 0.1) is 11.3 Å². The van der Waals surface area contributed by atoms with E-state index in [1.165, 1.54) is 29.7 Å². The van der Waals surface area contributed by atoms with E-state index in [2.05, 4.69) is 15.3 Å². The average molecular weight is 325 g/mol. The number of nitrogens with one attached hydrogen (secondary N) is 1. The highest BCUT2D eigenvalue weighted by Gasteiger charge is 2.18. The van der Waals surface area contributed by atoms with Gasteiger partial charge in [0, 0.05) is 17.1 Å². The van der Waals surface area contributed by atoms with Crippen molar-refractivity contribution in [1.29, 1.82) is 0 Å². The fourth-order valence-corrected chi connectivity index (χ4v) is 2.70. The minimum absolute atomic E-state index is 0.142. The first-order valence-electron chi connectivity index (χ1n) is 6.66. The Morgan fingerprint density at radius 3 is 2.61 bits per heavy atom. The van der Waals surface area contributed by atoms with E-state index in [4.69, 9.17) is 5.11 Å². The second kappa shape index (κ2) is 6.37. The Labute approximate surface area is 135 Å². The number of carboxylic acid groups (broad SMARTS) is 1. The van der Waals surface area contributed by atoms with Crippen molar-refractivity contribution in [2.24, 2.45) is 0 Å². The zero-order valence-electron chi connectivity index (χ0n) is 11.8. The second-order valence-electron chi connectivity index (χ2n) is 4.56. The van der Waals surface area contributed by atoms with Gasteiger partial charge in [-0.1, -0.05) is 30.3 Å². The predicted octanol–water partition coefficient (Wildman–Crippen LogP) is 3.16. The molecule has 7 heteroatoms. The molecule has 0 spiro atoms. The van der Waals surface area contributed by atoms with Crippen molar-refractivity contribution in [3.63, 3.8) is 0 Å². The van der Waals surface area contributed by atoms with Crippen LogP contribution in [-0.2, 0) is 0 Å². The van der Waals surface area contributed by atoms with Crippen molar-refractivity contribution >= 4 is 28.3 Å². The monoisotopic (exact) mass is 325 g/mol. The van der Waals surface area contributed by atoms with Crippen molar-refractivity contribution in [2.75, 3.05) is 5.32 Å². The van der Waals surface area contributed by atoms with E-state index < -0.39 is 11.9 Å². The van der Waals surface area contributed by atoms with Crippen molar-refractivity contribution in [3.05, 3.63) is 65.3 Å². The largest absolute Gasteiger partial charge is 0.478 e. The molecule has 0 saturated carbocycles. The molecule has 114 valence electrons. The van der Waals surface area contributed by atoms with Gasteiger partial charge >= 0.3 is 5.97 Å². The number of thiazole rings is 1. The van der Waals surface area contributed by atoms with Crippen LogP contribution < -0.4 is 5.32 Å². The van der Waals surface area contributed by atoms with Gasteiger partial charge in [0.2, 0.25) is 0 Å². The number of benzene rings is 1. The molecular formula is C16H11N3O3S. The number of carboxylic acids is 1. The number of hydrogen-bond acceptors (Lipinski definition) is 5. The summed E-state index contributed by atoms with van der Waals surface area (Å²) in [6, 6.07) is 12.4. The summed E-state index contributed by atoms with van der Waals surface area (Å²) in [5.74, 6) is -1.80. The van der Waals surface area contributed by atoms with Gasteiger partial charge in [-0.15, -0.1) is 11.3 Å². The highest BCUT2D eigenvalue weighted by Crippen LogP contribution is 2.25. The molecule has 2 heterocycles. The molecule has 0 fully saturated rings. The SMILES string of the molecule is O=C(O)c1cccnc1C(=O)Nc1nc(-c2ccccc2)cs1. The predicted molar refractivity (Wildman–Crippen MR) is 86.7 cm³/mol. The number of nitrogens with zero attached hydrogens (tertiary/aromatic N) is 2. The van der Waals surface area contributed by atoms with E-state index in [9.17, 15) is 9.59 Å². The fraction of sp³-hybridized carbons (Fsp3) is 0. The summed E-state index contributed by atoms with van der Waals surface area (Å²) in [5, 5.41) is 13.9. The van der Waals surface area contributed by atoms with Crippen molar-refractivity contribution in [1.82, 2.24) is 9.97 Å². The van der Waals surface area contributed by atoms with Gasteiger partial charge in [-0.2, -0.15) is 0 Å². The molecular weight excluding hydrogens is 314 g/mol. The lowest BCUT2D eigenvalue weighted by molar-refractivity contribution is 0.0691. The minimum Gasteiger partial charge on any atom is -0.478 e. The standard InChI is InChI=1S/C16H11N3O3S/c20-14(13-11(15(21)22)7-4-8-17-13)19-16-18-12(9-23-16)10-5-2-1-3-6-10/h1-9H,(H,21,22)(H,18,19,20). The summed E-state index contributed by atoms with van der Waals surface area (Å²) >= 11 is 1.26. The average Bonchev–Trinajstić information content (AvgIpc) is 3.04. The summed E-state index contributed by atoms with van der Waals surface area (Å²) in [6.07, 6.45) is 1.37. The first-order chi connectivity index (χ1) is 11.1. The molecule has 2 N–H and O–H groups in total. The van der Waals surface area contributed by atoms with E-state index in [0.29, 0.717) is 5.13 Å². The molecule has 1 aromatic carbocycles. The highest BCUT2D eigenvalue weighted by atomic mass is 32.1. The fourth-order valence-electron chi connectivity index (χ4n) is 1.99. The molecule has 0 bridgehead atoms. The zero-order chi connectivity index (χ0) is 16.2. The van der Waals surface area contributed by atoms with Crippen LogP contribution >= 0.6 is 11.3 Å². The molecule has 0 unspecified atom stereocenters. The van der Waals surface area contributed by atoms with E-state index >= 15 is 0 Å². The van der Waals surface area contributed by atoms with Gasteiger partial charge in [0.1, 0.15) is 5.69 Å². The summed E-state index contributed by atoms with van der Waals surface area (Å²) < 4.78 is 0. The van der Waals surface area contributed by atoms with Crippen LogP contribution in [0.25, 0.3) is 11.3 Å². The minimum atomic E-state index is -1.20.